The average molecular weight is 435 g/mol. The number of para-hydroxylation sites is 1. The molecule has 1 N–H and O–H groups in total. The Morgan fingerprint density at radius 2 is 1.35 bits per heavy atom. The van der Waals surface area contributed by atoms with Gasteiger partial charge >= 0.3 is 0 Å². The largest absolute Gasteiger partial charge is 0.491 e. The summed E-state index contributed by atoms with van der Waals surface area (Å²) in [5, 5.41) is 24.6. The number of nitro benzene ring substituents is 2. The Kier molecular flexibility index (Phi) is 10.7. The molecule has 2 rings (SSSR count). The zero-order chi connectivity index (χ0) is 22.3. The number of ether oxygens (including phenoxy) is 4. The summed E-state index contributed by atoms with van der Waals surface area (Å²) in [4.78, 5) is 20.4. The topological polar surface area (TPSA) is 135 Å². The van der Waals surface area contributed by atoms with Gasteiger partial charge in [-0.3, -0.25) is 20.2 Å². The van der Waals surface area contributed by atoms with Gasteiger partial charge in [0.15, 0.2) is 0 Å². The minimum absolute atomic E-state index is 0.198. The molecule has 2 aromatic rings. The Morgan fingerprint density at radius 3 is 1.97 bits per heavy atom. The molecule has 31 heavy (non-hydrogen) atoms. The maximum absolute atomic E-state index is 11.1. The van der Waals surface area contributed by atoms with Crippen molar-refractivity contribution in [1.82, 2.24) is 0 Å². The number of hydrogen-bond acceptors (Lipinski definition) is 9. The number of rotatable bonds is 16. The molecule has 0 aromatic heterocycles. The van der Waals surface area contributed by atoms with Gasteiger partial charge in [0.2, 0.25) is 0 Å². The summed E-state index contributed by atoms with van der Waals surface area (Å²) in [5.74, 6) is 0.803. The van der Waals surface area contributed by atoms with E-state index in [1.165, 1.54) is 12.1 Å². The highest BCUT2D eigenvalue weighted by atomic mass is 16.6. The lowest BCUT2D eigenvalue weighted by atomic mass is 10.2. The quantitative estimate of drug-likeness (QED) is 0.240. The fourth-order valence-corrected chi connectivity index (χ4v) is 2.47. The standard InChI is InChI=1S/C20H25N3O8/c24-22(25)17-6-7-19(20(16-17)23(26)27)21-8-9-28-10-11-29-12-13-30-14-15-31-18-4-2-1-3-5-18/h1-7,16,21H,8-15H2. The number of nitrogens with zero attached hydrogens (tertiary/aromatic N) is 2. The Labute approximate surface area is 179 Å². The maximum atomic E-state index is 11.1. The van der Waals surface area contributed by atoms with Gasteiger partial charge in [-0.1, -0.05) is 18.2 Å². The summed E-state index contributed by atoms with van der Waals surface area (Å²) in [5.41, 5.74) is -0.492. The molecule has 0 saturated carbocycles. The summed E-state index contributed by atoms with van der Waals surface area (Å²) < 4.78 is 21.7. The van der Waals surface area contributed by atoms with Crippen LogP contribution in [-0.2, 0) is 14.2 Å². The minimum atomic E-state index is -0.677. The van der Waals surface area contributed by atoms with Crippen molar-refractivity contribution < 1.29 is 28.8 Å². The molecule has 0 amide bonds. The molecule has 0 unspecified atom stereocenters. The van der Waals surface area contributed by atoms with Crippen LogP contribution in [0.4, 0.5) is 17.1 Å². The molecule has 0 fully saturated rings. The van der Waals surface area contributed by atoms with Crippen LogP contribution in [0.2, 0.25) is 0 Å². The molecular weight excluding hydrogens is 410 g/mol. The zero-order valence-corrected chi connectivity index (χ0v) is 16.9. The lowest BCUT2D eigenvalue weighted by molar-refractivity contribution is -0.393. The van der Waals surface area contributed by atoms with Gasteiger partial charge < -0.3 is 24.3 Å². The highest BCUT2D eigenvalue weighted by molar-refractivity contribution is 5.65. The Balaban J connectivity index is 1.46. The van der Waals surface area contributed by atoms with Crippen molar-refractivity contribution in [3.8, 4) is 5.75 Å². The van der Waals surface area contributed by atoms with Gasteiger partial charge in [-0.2, -0.15) is 0 Å². The van der Waals surface area contributed by atoms with Crippen LogP contribution in [0.5, 0.6) is 5.75 Å². The van der Waals surface area contributed by atoms with Crippen LogP contribution >= 0.6 is 0 Å². The molecule has 11 nitrogen and oxygen atoms in total. The van der Waals surface area contributed by atoms with Crippen molar-refractivity contribution in [3.05, 3.63) is 68.8 Å². The normalized spacial score (nSPS) is 10.6. The second-order valence-electron chi connectivity index (χ2n) is 6.14. The van der Waals surface area contributed by atoms with E-state index in [-0.39, 0.29) is 17.1 Å². The molecule has 168 valence electrons. The molecule has 0 aliphatic heterocycles. The number of anilines is 1. The van der Waals surface area contributed by atoms with Crippen molar-refractivity contribution in [2.75, 3.05) is 58.1 Å². The summed E-state index contributed by atoms with van der Waals surface area (Å²) in [6.07, 6.45) is 0. The number of nitrogens with one attached hydrogen (secondary N) is 1. The second kappa shape index (κ2) is 13.9. The molecule has 0 bridgehead atoms. The fraction of sp³-hybridized carbons (Fsp3) is 0.400. The Bertz CT molecular complexity index is 819. The smallest absolute Gasteiger partial charge is 0.299 e. The lowest BCUT2D eigenvalue weighted by Gasteiger charge is -2.09. The van der Waals surface area contributed by atoms with E-state index in [2.05, 4.69) is 5.32 Å². The van der Waals surface area contributed by atoms with Crippen LogP contribution in [0.3, 0.4) is 0 Å². The average Bonchev–Trinajstić information content (AvgIpc) is 2.77. The van der Waals surface area contributed by atoms with Crippen LogP contribution in [0.15, 0.2) is 48.5 Å². The van der Waals surface area contributed by atoms with E-state index in [1.54, 1.807) is 0 Å². The molecule has 0 atom stereocenters. The van der Waals surface area contributed by atoms with Gasteiger partial charge in [0.25, 0.3) is 11.4 Å². The first-order valence-corrected chi connectivity index (χ1v) is 9.65. The van der Waals surface area contributed by atoms with Crippen molar-refractivity contribution in [2.45, 2.75) is 0 Å². The maximum Gasteiger partial charge on any atom is 0.299 e. The molecule has 0 aliphatic rings. The van der Waals surface area contributed by atoms with Crippen molar-refractivity contribution in [2.24, 2.45) is 0 Å². The Hall–Kier alpha value is -3.28. The summed E-state index contributed by atoms with van der Waals surface area (Å²) in [7, 11) is 0. The van der Waals surface area contributed by atoms with E-state index < -0.39 is 9.85 Å². The van der Waals surface area contributed by atoms with Gasteiger partial charge in [-0.25, -0.2) is 0 Å². The first-order chi connectivity index (χ1) is 15.1. The SMILES string of the molecule is O=[N+]([O-])c1ccc(NCCOCCOCCOCCOc2ccccc2)c([N+](=O)[O-])c1. The third-order valence-electron chi connectivity index (χ3n) is 3.93. The highest BCUT2D eigenvalue weighted by Gasteiger charge is 2.18. The molecular formula is C20H25N3O8. The molecule has 0 radical (unpaired) electrons. The first kappa shape index (κ1) is 24.0. The van der Waals surface area contributed by atoms with Gasteiger partial charge in [0, 0.05) is 12.6 Å². The van der Waals surface area contributed by atoms with E-state index in [1.807, 2.05) is 30.3 Å². The van der Waals surface area contributed by atoms with Gasteiger partial charge in [0.05, 0.1) is 55.6 Å². The molecule has 0 spiro atoms. The van der Waals surface area contributed by atoms with Crippen LogP contribution in [0.1, 0.15) is 0 Å². The van der Waals surface area contributed by atoms with Gasteiger partial charge in [0.1, 0.15) is 18.0 Å². The Morgan fingerprint density at radius 1 is 0.742 bits per heavy atom. The molecule has 11 heteroatoms. The second-order valence-corrected chi connectivity index (χ2v) is 6.14. The van der Waals surface area contributed by atoms with Crippen molar-refractivity contribution in [3.63, 3.8) is 0 Å². The van der Waals surface area contributed by atoms with E-state index >= 15 is 0 Å². The third kappa shape index (κ3) is 9.38. The van der Waals surface area contributed by atoms with Crippen LogP contribution in [0, 0.1) is 20.2 Å². The van der Waals surface area contributed by atoms with Crippen LogP contribution in [0.25, 0.3) is 0 Å². The number of nitro groups is 2. The summed E-state index contributed by atoms with van der Waals surface area (Å²) >= 11 is 0. The number of benzene rings is 2. The van der Waals surface area contributed by atoms with Gasteiger partial charge in [-0.05, 0) is 18.2 Å². The van der Waals surface area contributed by atoms with E-state index in [9.17, 15) is 20.2 Å². The van der Waals surface area contributed by atoms with Crippen LogP contribution in [-0.4, -0.2) is 62.6 Å². The molecule has 0 saturated heterocycles. The third-order valence-corrected chi connectivity index (χ3v) is 3.93. The van der Waals surface area contributed by atoms with Crippen molar-refractivity contribution in [1.29, 1.82) is 0 Å². The molecule has 2 aromatic carbocycles. The predicted molar refractivity (Wildman–Crippen MR) is 113 cm³/mol. The zero-order valence-electron chi connectivity index (χ0n) is 16.9. The number of hydrogen-bond donors (Lipinski definition) is 1. The van der Waals surface area contributed by atoms with E-state index in [0.29, 0.717) is 52.8 Å². The van der Waals surface area contributed by atoms with E-state index in [4.69, 9.17) is 18.9 Å². The minimum Gasteiger partial charge on any atom is -0.491 e. The highest BCUT2D eigenvalue weighted by Crippen LogP contribution is 2.28. The van der Waals surface area contributed by atoms with Crippen molar-refractivity contribution >= 4 is 17.1 Å². The molecule has 0 heterocycles. The molecule has 0 aliphatic carbocycles. The lowest BCUT2D eigenvalue weighted by Crippen LogP contribution is -2.15. The van der Waals surface area contributed by atoms with E-state index in [0.717, 1.165) is 11.8 Å². The van der Waals surface area contributed by atoms with Gasteiger partial charge in [-0.15, -0.1) is 0 Å². The fourth-order valence-electron chi connectivity index (χ4n) is 2.47. The predicted octanol–water partition coefficient (Wildman–Crippen LogP) is 3.04. The summed E-state index contributed by atoms with van der Waals surface area (Å²) in [6.45, 7) is 3.17. The van der Waals surface area contributed by atoms with Crippen LogP contribution < -0.4 is 10.1 Å². The monoisotopic (exact) mass is 435 g/mol. The first-order valence-electron chi connectivity index (χ1n) is 9.65. The summed E-state index contributed by atoms with van der Waals surface area (Å²) in [6, 6.07) is 12.9. The number of non-ortho nitro benzene ring substituents is 1.